The van der Waals surface area contributed by atoms with Gasteiger partial charge in [0.25, 0.3) is 0 Å². The van der Waals surface area contributed by atoms with Gasteiger partial charge >= 0.3 is 5.97 Å². The van der Waals surface area contributed by atoms with E-state index in [9.17, 15) is 14.4 Å². The predicted octanol–water partition coefficient (Wildman–Crippen LogP) is 1.15. The van der Waals surface area contributed by atoms with E-state index in [1.54, 1.807) is 0 Å². The lowest BCUT2D eigenvalue weighted by molar-refractivity contribution is -0.148. The van der Waals surface area contributed by atoms with Crippen molar-refractivity contribution in [2.45, 2.75) is 46.2 Å². The Labute approximate surface area is 143 Å². The van der Waals surface area contributed by atoms with Crippen LogP contribution in [0.2, 0.25) is 0 Å². The van der Waals surface area contributed by atoms with Crippen LogP contribution in [0, 0.1) is 11.8 Å². The van der Waals surface area contributed by atoms with Crippen molar-refractivity contribution in [3.05, 3.63) is 18.1 Å². The predicted molar refractivity (Wildman–Crippen MR) is 89.8 cm³/mol. The normalized spacial score (nSPS) is 12.8. The summed E-state index contributed by atoms with van der Waals surface area (Å²) in [7, 11) is 0. The highest BCUT2D eigenvalue weighted by Gasteiger charge is 2.23. The van der Waals surface area contributed by atoms with Crippen molar-refractivity contribution < 1.29 is 23.9 Å². The molecule has 0 bridgehead atoms. The fraction of sp³-hybridized carbons (Fsp3) is 0.647. The van der Waals surface area contributed by atoms with Gasteiger partial charge in [0.1, 0.15) is 6.04 Å². The summed E-state index contributed by atoms with van der Waals surface area (Å²) in [6.45, 7) is 11.5. The number of rotatable bonds is 13. The molecule has 0 radical (unpaired) electrons. The van der Waals surface area contributed by atoms with Crippen molar-refractivity contribution in [3.8, 4) is 0 Å². The second kappa shape index (κ2) is 12.2. The summed E-state index contributed by atoms with van der Waals surface area (Å²) >= 11 is 0. The highest BCUT2D eigenvalue weighted by molar-refractivity contribution is 5.78. The molecule has 0 heterocycles. The molecule has 0 aliphatic carbocycles. The molecule has 7 nitrogen and oxygen atoms in total. The molecule has 2 amide bonds. The Morgan fingerprint density at radius 3 is 1.96 bits per heavy atom. The first-order chi connectivity index (χ1) is 11.4. The third-order valence-corrected chi connectivity index (χ3v) is 3.33. The van der Waals surface area contributed by atoms with Gasteiger partial charge in [-0.15, -0.1) is 0 Å². The fourth-order valence-corrected chi connectivity index (χ4v) is 2.00. The second-order valence-corrected chi connectivity index (χ2v) is 5.92. The Morgan fingerprint density at radius 1 is 1.00 bits per heavy atom. The molecule has 0 aliphatic rings. The maximum Gasteiger partial charge on any atom is 0.328 e. The summed E-state index contributed by atoms with van der Waals surface area (Å²) in [6.07, 6.45) is 1.57. The molecule has 24 heavy (non-hydrogen) atoms. The zero-order valence-electron chi connectivity index (χ0n) is 14.8. The first kappa shape index (κ1) is 21.7. The van der Waals surface area contributed by atoms with Crippen LogP contribution in [0.15, 0.2) is 18.1 Å². The zero-order valence-corrected chi connectivity index (χ0v) is 14.8. The van der Waals surface area contributed by atoms with Gasteiger partial charge in [-0.1, -0.05) is 40.0 Å². The number of carbonyl (C=O) groups is 3. The van der Waals surface area contributed by atoms with Crippen LogP contribution in [0.5, 0.6) is 0 Å². The Kier molecular flexibility index (Phi) is 11.0. The van der Waals surface area contributed by atoms with E-state index in [0.29, 0.717) is 31.6 Å². The number of hydrogen-bond donors (Lipinski definition) is 2. The van der Waals surface area contributed by atoms with Crippen LogP contribution in [0.25, 0.3) is 0 Å². The van der Waals surface area contributed by atoms with E-state index in [-0.39, 0.29) is 24.5 Å². The molecular formula is C17H28N2O5. The van der Waals surface area contributed by atoms with Gasteiger partial charge in [0, 0.05) is 6.42 Å². The smallest absolute Gasteiger partial charge is 0.328 e. The lowest BCUT2D eigenvalue weighted by Crippen LogP contribution is -2.41. The van der Waals surface area contributed by atoms with E-state index in [1.165, 1.54) is 0 Å². The van der Waals surface area contributed by atoms with Crippen LogP contribution in [-0.2, 0) is 23.9 Å². The van der Waals surface area contributed by atoms with Gasteiger partial charge in [-0.2, -0.15) is 0 Å². The highest BCUT2D eigenvalue weighted by Crippen LogP contribution is 2.12. The van der Waals surface area contributed by atoms with Crippen molar-refractivity contribution in [2.24, 2.45) is 11.8 Å². The first-order valence-corrected chi connectivity index (χ1v) is 7.97. The van der Waals surface area contributed by atoms with Crippen LogP contribution >= 0.6 is 0 Å². The van der Waals surface area contributed by atoms with Crippen LogP contribution < -0.4 is 10.6 Å². The van der Waals surface area contributed by atoms with Crippen molar-refractivity contribution in [3.63, 3.8) is 0 Å². The van der Waals surface area contributed by atoms with Gasteiger partial charge in [-0.25, -0.2) is 4.79 Å². The average Bonchev–Trinajstić information content (AvgIpc) is 2.53. The molecule has 2 unspecified atom stereocenters. The largest absolute Gasteiger partial charge is 0.488 e. The molecule has 0 saturated carbocycles. The lowest BCUT2D eigenvalue weighted by atomic mass is 10.0. The summed E-state index contributed by atoms with van der Waals surface area (Å²) in [6, 6.07) is -0.959. The maximum absolute atomic E-state index is 11.8. The van der Waals surface area contributed by atoms with Crippen molar-refractivity contribution in [1.29, 1.82) is 0 Å². The number of carbonyl (C=O) groups excluding carboxylic acids is 3. The van der Waals surface area contributed by atoms with E-state index >= 15 is 0 Å². The molecule has 7 heteroatoms. The number of nitrogens with one attached hydrogen (secondary N) is 2. The zero-order chi connectivity index (χ0) is 18.5. The third kappa shape index (κ3) is 7.83. The quantitative estimate of drug-likeness (QED) is 0.172. The van der Waals surface area contributed by atoms with Crippen LogP contribution in [0.1, 0.15) is 34.1 Å². The number of esters is 1. The summed E-state index contributed by atoms with van der Waals surface area (Å²) < 4.78 is 10.7. The SMILES string of the molecule is C=C=C(OCCCOC(=O)C(NC=O)C(C)C)C(NC=O)C(C)C. The first-order valence-electron chi connectivity index (χ1n) is 7.97. The third-order valence-electron chi connectivity index (χ3n) is 3.33. The Bertz CT molecular complexity index is 456. The molecule has 0 spiro atoms. The van der Waals surface area contributed by atoms with Crippen molar-refractivity contribution in [2.75, 3.05) is 13.2 Å². The van der Waals surface area contributed by atoms with Gasteiger partial charge in [0.2, 0.25) is 12.8 Å². The molecule has 136 valence electrons. The van der Waals surface area contributed by atoms with E-state index in [4.69, 9.17) is 9.47 Å². The van der Waals surface area contributed by atoms with Crippen LogP contribution in [-0.4, -0.2) is 44.1 Å². The number of hydrogen-bond acceptors (Lipinski definition) is 5. The van der Waals surface area contributed by atoms with Gasteiger partial charge in [0.15, 0.2) is 5.76 Å². The Hall–Kier alpha value is -2.27. The molecule has 0 fully saturated rings. The molecule has 0 aliphatic heterocycles. The molecule has 0 saturated heterocycles. The molecule has 2 atom stereocenters. The fourth-order valence-electron chi connectivity index (χ4n) is 2.00. The molecule has 0 aromatic carbocycles. The van der Waals surface area contributed by atoms with E-state index in [2.05, 4.69) is 22.9 Å². The van der Waals surface area contributed by atoms with Gasteiger partial charge in [-0.3, -0.25) is 9.59 Å². The Morgan fingerprint density at radius 2 is 1.50 bits per heavy atom. The van der Waals surface area contributed by atoms with Crippen LogP contribution in [0.4, 0.5) is 0 Å². The molecular weight excluding hydrogens is 312 g/mol. The standard InChI is InChI=1S/C17H28N2O5/c1-6-14(15(12(2)3)18-10-20)23-8-7-9-24-17(22)16(13(4)5)19-11-21/h10-13,15-16H,1,7-9H2,2-5H3,(H,18,20)(H,19,21). The molecule has 0 aromatic heterocycles. The number of amides is 2. The van der Waals surface area contributed by atoms with Crippen molar-refractivity contribution in [1.82, 2.24) is 10.6 Å². The summed E-state index contributed by atoms with van der Waals surface area (Å²) in [5, 5.41) is 5.10. The van der Waals surface area contributed by atoms with E-state index in [1.807, 2.05) is 27.7 Å². The molecule has 0 rings (SSSR count). The summed E-state index contributed by atoms with van der Waals surface area (Å²) in [4.78, 5) is 33.0. The summed E-state index contributed by atoms with van der Waals surface area (Å²) in [5.41, 5.74) is 2.68. The molecule has 2 N–H and O–H groups in total. The maximum atomic E-state index is 11.8. The van der Waals surface area contributed by atoms with Gasteiger partial charge < -0.3 is 20.1 Å². The highest BCUT2D eigenvalue weighted by atomic mass is 16.5. The summed E-state index contributed by atoms with van der Waals surface area (Å²) in [5.74, 6) is 0.0410. The molecule has 0 aromatic rings. The minimum atomic E-state index is -0.658. The minimum Gasteiger partial charge on any atom is -0.488 e. The average molecular weight is 340 g/mol. The van der Waals surface area contributed by atoms with Gasteiger partial charge in [0.05, 0.1) is 19.3 Å². The van der Waals surface area contributed by atoms with Crippen LogP contribution in [0.3, 0.4) is 0 Å². The lowest BCUT2D eigenvalue weighted by Gasteiger charge is -2.22. The van der Waals surface area contributed by atoms with Crippen molar-refractivity contribution >= 4 is 18.8 Å². The topological polar surface area (TPSA) is 93.7 Å². The number of ether oxygens (including phenoxy) is 2. The van der Waals surface area contributed by atoms with Gasteiger partial charge in [-0.05, 0) is 11.8 Å². The monoisotopic (exact) mass is 340 g/mol. The Balaban J connectivity index is 4.28. The van der Waals surface area contributed by atoms with E-state index < -0.39 is 12.0 Å². The minimum absolute atomic E-state index is 0.0598. The second-order valence-electron chi connectivity index (χ2n) is 5.92. The van der Waals surface area contributed by atoms with E-state index in [0.717, 1.165) is 0 Å².